The number of ether oxygens (including phenoxy) is 1. The van der Waals surface area contributed by atoms with E-state index in [2.05, 4.69) is 58.1 Å². The number of benzene rings is 2. The van der Waals surface area contributed by atoms with Crippen LogP contribution in [-0.4, -0.2) is 89.0 Å². The van der Waals surface area contributed by atoms with Crippen LogP contribution in [0.15, 0.2) is 42.6 Å². The quantitative estimate of drug-likeness (QED) is 0.180. The molecular weight excluding hydrogens is 713 g/mol. The van der Waals surface area contributed by atoms with Gasteiger partial charge < -0.3 is 14.2 Å². The number of aromatic nitrogens is 3. The van der Waals surface area contributed by atoms with Crippen molar-refractivity contribution in [3.8, 4) is 17.0 Å². The van der Waals surface area contributed by atoms with Gasteiger partial charge in [0.05, 0.1) is 42.6 Å². The van der Waals surface area contributed by atoms with Crippen molar-refractivity contribution in [2.45, 2.75) is 104 Å². The lowest BCUT2D eigenvalue weighted by atomic mass is 9.81. The molecule has 2 aromatic heterocycles. The third-order valence-electron chi connectivity index (χ3n) is 12.2. The molecule has 0 spiro atoms. The van der Waals surface area contributed by atoms with Gasteiger partial charge in [-0.1, -0.05) is 46.1 Å². The number of carbonyl (C=O) groups is 2. The number of piperazine rings is 1. The van der Waals surface area contributed by atoms with Crippen LogP contribution in [-0.2, 0) is 16.6 Å². The van der Waals surface area contributed by atoms with Gasteiger partial charge in [-0.3, -0.25) is 19.2 Å². The molecule has 1 aliphatic carbocycles. The van der Waals surface area contributed by atoms with E-state index < -0.39 is 15.9 Å². The summed E-state index contributed by atoms with van der Waals surface area (Å²) in [5.41, 5.74) is 7.87. The summed E-state index contributed by atoms with van der Waals surface area (Å²) in [6.45, 7) is 13.0. The number of methoxy groups -OCH3 is 1. The van der Waals surface area contributed by atoms with Gasteiger partial charge in [-0.2, -0.15) is 5.10 Å². The van der Waals surface area contributed by atoms with Crippen LogP contribution in [0.1, 0.15) is 123 Å². The Balaban J connectivity index is 1.31. The van der Waals surface area contributed by atoms with Crippen LogP contribution >= 0.6 is 0 Å². The van der Waals surface area contributed by atoms with Crippen molar-refractivity contribution in [2.75, 3.05) is 32.5 Å². The van der Waals surface area contributed by atoms with Gasteiger partial charge >= 0.3 is 0 Å². The minimum Gasteiger partial charge on any atom is -0.497 e. The molecular formula is C43H54N6O5S. The highest BCUT2D eigenvalue weighted by molar-refractivity contribution is 7.90. The van der Waals surface area contributed by atoms with Crippen LogP contribution in [0, 0.1) is 5.92 Å². The molecule has 2 atom stereocenters. The predicted octanol–water partition coefficient (Wildman–Crippen LogP) is 7.33. The number of hydrogen-bond donors (Lipinski definition) is 1. The minimum atomic E-state index is -3.82. The van der Waals surface area contributed by atoms with Crippen molar-refractivity contribution in [3.05, 3.63) is 70.5 Å². The van der Waals surface area contributed by atoms with Gasteiger partial charge in [0, 0.05) is 53.2 Å². The molecule has 0 radical (unpaired) electrons. The molecule has 8 rings (SSSR count). The molecule has 5 heterocycles. The van der Waals surface area contributed by atoms with Crippen LogP contribution in [0.2, 0.25) is 0 Å². The molecule has 4 aliphatic rings. The summed E-state index contributed by atoms with van der Waals surface area (Å²) in [6, 6.07) is 12.4. The van der Waals surface area contributed by atoms with Gasteiger partial charge in [-0.25, -0.2) is 13.1 Å². The zero-order chi connectivity index (χ0) is 38.8. The molecule has 1 saturated carbocycles. The summed E-state index contributed by atoms with van der Waals surface area (Å²) in [4.78, 5) is 32.8. The van der Waals surface area contributed by atoms with Crippen molar-refractivity contribution in [1.82, 2.24) is 28.9 Å². The average Bonchev–Trinajstić information content (AvgIpc) is 3.93. The molecule has 2 bridgehead atoms. The van der Waals surface area contributed by atoms with E-state index in [0.29, 0.717) is 24.1 Å². The summed E-state index contributed by atoms with van der Waals surface area (Å²) in [5, 5.41) is 5.92. The highest BCUT2D eigenvalue weighted by Gasteiger charge is 2.45. The Morgan fingerprint density at radius 2 is 1.76 bits per heavy atom. The third-order valence-corrected chi connectivity index (χ3v) is 13.8. The van der Waals surface area contributed by atoms with Crippen molar-refractivity contribution >= 4 is 44.4 Å². The summed E-state index contributed by atoms with van der Waals surface area (Å²) in [7, 11) is -2.14. The summed E-state index contributed by atoms with van der Waals surface area (Å²) < 4.78 is 38.1. The maximum Gasteiger partial charge on any atom is 0.264 e. The fraction of sp³-hybridized carbons (Fsp3) is 0.512. The second-order valence-electron chi connectivity index (χ2n) is 16.7. The Hall–Kier alpha value is -4.42. The van der Waals surface area contributed by atoms with Gasteiger partial charge in [0.2, 0.25) is 10.0 Å². The molecule has 1 N–H and O–H groups in total. The molecule has 12 heteroatoms. The highest BCUT2D eigenvalue weighted by atomic mass is 32.2. The number of nitrogens with zero attached hydrogens (tertiary/aromatic N) is 5. The monoisotopic (exact) mass is 766 g/mol. The van der Waals surface area contributed by atoms with Gasteiger partial charge in [-0.15, -0.1) is 0 Å². The molecule has 2 saturated heterocycles. The lowest BCUT2D eigenvalue weighted by Gasteiger charge is -2.33. The van der Waals surface area contributed by atoms with Crippen molar-refractivity contribution in [1.29, 1.82) is 0 Å². The maximum absolute atomic E-state index is 14.6. The average molecular weight is 767 g/mol. The molecule has 0 unspecified atom stereocenters. The largest absolute Gasteiger partial charge is 0.497 e. The highest BCUT2D eigenvalue weighted by Crippen LogP contribution is 2.48. The van der Waals surface area contributed by atoms with Crippen LogP contribution in [0.5, 0.6) is 5.75 Å². The van der Waals surface area contributed by atoms with Crippen LogP contribution in [0.4, 0.5) is 0 Å². The molecule has 2 amide bonds. The van der Waals surface area contributed by atoms with Gasteiger partial charge in [0.1, 0.15) is 5.75 Å². The van der Waals surface area contributed by atoms with Crippen LogP contribution in [0.25, 0.3) is 33.8 Å². The fourth-order valence-corrected chi connectivity index (χ4v) is 11.1. The summed E-state index contributed by atoms with van der Waals surface area (Å²) in [5.74, 6) is 0.173. The van der Waals surface area contributed by atoms with Gasteiger partial charge in [0.15, 0.2) is 0 Å². The first-order chi connectivity index (χ1) is 26.4. The third kappa shape index (κ3) is 6.79. The lowest BCUT2D eigenvalue weighted by Crippen LogP contribution is -2.48. The number of allylic oxidation sites excluding steroid dienone is 1. The van der Waals surface area contributed by atoms with E-state index in [1.807, 2.05) is 36.7 Å². The minimum absolute atomic E-state index is 0.0159. The van der Waals surface area contributed by atoms with E-state index in [9.17, 15) is 18.0 Å². The van der Waals surface area contributed by atoms with E-state index in [0.717, 1.165) is 96.5 Å². The zero-order valence-electron chi connectivity index (χ0n) is 33.0. The number of nitrogens with one attached hydrogen (secondary N) is 1. The standard InChI is InChI=1S/C43H54N6O5S/c1-7-46-23-33-20-32(46)24-47(33)43(51)37-21-44-49(27(4)5)40(37)31-17-30-18-34(54-6)14-16-35(30)41-39(28-11-9-8-10-12-28)36-15-13-29(19-38(36)48(41)22-31)42(50)45-55(52,53)25-26(2)3/h13-19,21,26-28,32-33H,7-12,20,22-25H2,1-6H3,(H,45,50)/t32-,33+/m1/s1. The number of sulfonamides is 1. The molecule has 292 valence electrons. The second-order valence-corrected chi connectivity index (χ2v) is 18.4. The Morgan fingerprint density at radius 3 is 2.44 bits per heavy atom. The first-order valence-corrected chi connectivity index (χ1v) is 21.7. The number of carbonyl (C=O) groups excluding carboxylic acids is 2. The van der Waals surface area contributed by atoms with E-state index in [1.165, 1.54) is 12.0 Å². The van der Waals surface area contributed by atoms with E-state index in [4.69, 9.17) is 9.84 Å². The zero-order valence-corrected chi connectivity index (χ0v) is 33.8. The number of amides is 2. The molecule has 3 fully saturated rings. The summed E-state index contributed by atoms with van der Waals surface area (Å²) in [6.07, 6.45) is 10.6. The molecule has 4 aromatic rings. The SMILES string of the molecule is CCN1C[C@@H]2C[C@@H]1CN2C(=O)c1cnn(C(C)C)c1C1=Cc2cc(OC)ccc2-c2c(C3CCCCC3)c3ccc(C(=O)NS(=O)(=O)CC(C)C)cc3n2C1. The molecule has 55 heavy (non-hydrogen) atoms. The first kappa shape index (κ1) is 37.5. The van der Waals surface area contributed by atoms with Gasteiger partial charge in [-0.05, 0) is 105 Å². The Kier molecular flexibility index (Phi) is 9.94. The molecule has 3 aliphatic heterocycles. The van der Waals surface area contributed by atoms with Crippen LogP contribution in [0.3, 0.4) is 0 Å². The molecule has 11 nitrogen and oxygen atoms in total. The van der Waals surface area contributed by atoms with E-state index >= 15 is 0 Å². The lowest BCUT2D eigenvalue weighted by molar-refractivity contribution is 0.0630. The topological polar surface area (TPSA) is 119 Å². The first-order valence-electron chi connectivity index (χ1n) is 20.1. The Morgan fingerprint density at radius 1 is 0.982 bits per heavy atom. The van der Waals surface area contributed by atoms with Crippen LogP contribution < -0.4 is 9.46 Å². The van der Waals surface area contributed by atoms with Crippen molar-refractivity contribution in [3.63, 3.8) is 0 Å². The summed E-state index contributed by atoms with van der Waals surface area (Å²) >= 11 is 0. The predicted molar refractivity (Wildman–Crippen MR) is 217 cm³/mol. The smallest absolute Gasteiger partial charge is 0.264 e. The normalized spacial score (nSPS) is 20.2. The Bertz CT molecular complexity index is 2300. The molecule has 2 aromatic carbocycles. The van der Waals surface area contributed by atoms with Gasteiger partial charge in [0.25, 0.3) is 11.8 Å². The fourth-order valence-electron chi connectivity index (χ4n) is 9.78. The van der Waals surface area contributed by atoms with E-state index in [-0.39, 0.29) is 35.2 Å². The number of fused-ring (bicyclic) bond motifs is 7. The van der Waals surface area contributed by atoms with E-state index in [1.54, 1.807) is 19.4 Å². The van der Waals surface area contributed by atoms with Crippen molar-refractivity contribution < 1.29 is 22.7 Å². The number of hydrogen-bond acceptors (Lipinski definition) is 7. The maximum atomic E-state index is 14.6. The number of likely N-dealkylation sites (tertiary alicyclic amines) is 2. The number of rotatable bonds is 10. The number of likely N-dealkylation sites (N-methyl/N-ethyl adjacent to an activating group) is 1. The second kappa shape index (κ2) is 14.6. The van der Waals surface area contributed by atoms with Crippen molar-refractivity contribution in [2.24, 2.45) is 5.92 Å². The Labute approximate surface area is 324 Å².